The molecule has 20 heavy (non-hydrogen) atoms. The maximum Gasteiger partial charge on any atom is 0.242 e. The third-order valence-electron chi connectivity index (χ3n) is 2.83. The van der Waals surface area contributed by atoms with Crippen molar-refractivity contribution in [3.8, 4) is 0 Å². The van der Waals surface area contributed by atoms with Gasteiger partial charge in [-0.05, 0) is 24.8 Å². The van der Waals surface area contributed by atoms with Crippen LogP contribution >= 0.6 is 35.0 Å². The molecule has 0 radical (unpaired) electrons. The van der Waals surface area contributed by atoms with E-state index in [0.717, 1.165) is 0 Å². The van der Waals surface area contributed by atoms with Crippen LogP contribution in [0.25, 0.3) is 0 Å². The summed E-state index contributed by atoms with van der Waals surface area (Å²) in [5, 5.41) is 0.458. The summed E-state index contributed by atoms with van der Waals surface area (Å²) >= 11 is 13.6. The maximum absolute atomic E-state index is 12.4. The Hall–Kier alpha value is 0.0200. The minimum absolute atomic E-state index is 0.0172. The van der Waals surface area contributed by atoms with Crippen molar-refractivity contribution in [2.75, 3.05) is 12.0 Å². The van der Waals surface area contributed by atoms with Crippen LogP contribution in [0.5, 0.6) is 0 Å². The molecule has 1 aromatic rings. The van der Waals surface area contributed by atoms with Gasteiger partial charge in [-0.15, -0.1) is 0 Å². The average molecular weight is 357 g/mol. The second-order valence-electron chi connectivity index (χ2n) is 4.22. The average Bonchev–Trinajstić information content (AvgIpc) is 2.38. The van der Waals surface area contributed by atoms with Gasteiger partial charge in [-0.25, -0.2) is 13.1 Å². The Bertz CT molecular complexity index is 565. The van der Waals surface area contributed by atoms with E-state index in [9.17, 15) is 8.42 Å². The van der Waals surface area contributed by atoms with Crippen LogP contribution in [0.1, 0.15) is 18.9 Å². The molecule has 0 amide bonds. The molecule has 0 aromatic heterocycles. The number of thioether (sulfide) groups is 1. The molecule has 0 saturated carbocycles. The van der Waals surface area contributed by atoms with Crippen LogP contribution in [0.3, 0.4) is 0 Å². The number of halogens is 2. The first-order chi connectivity index (χ1) is 9.37. The molecule has 0 fully saturated rings. The van der Waals surface area contributed by atoms with E-state index in [1.165, 1.54) is 12.1 Å². The SMILES string of the molecule is CCC(CSC)NS(=O)(=O)c1ccc(Cl)c(CN)c1Cl. The van der Waals surface area contributed by atoms with E-state index in [1.54, 1.807) is 11.8 Å². The van der Waals surface area contributed by atoms with Gasteiger partial charge in [-0.1, -0.05) is 30.1 Å². The van der Waals surface area contributed by atoms with Crippen molar-refractivity contribution in [2.24, 2.45) is 5.73 Å². The zero-order valence-corrected chi connectivity index (χ0v) is 14.5. The van der Waals surface area contributed by atoms with Crippen LogP contribution in [0.15, 0.2) is 17.0 Å². The van der Waals surface area contributed by atoms with Crippen LogP contribution in [-0.2, 0) is 16.6 Å². The molecule has 0 heterocycles. The largest absolute Gasteiger partial charge is 0.326 e. The predicted octanol–water partition coefficient (Wildman–Crippen LogP) is 2.87. The Morgan fingerprint density at radius 2 is 2.05 bits per heavy atom. The molecule has 114 valence electrons. The number of benzene rings is 1. The van der Waals surface area contributed by atoms with Crippen LogP contribution in [0.2, 0.25) is 10.0 Å². The first-order valence-electron chi connectivity index (χ1n) is 6.05. The Morgan fingerprint density at radius 3 is 2.55 bits per heavy atom. The van der Waals surface area contributed by atoms with Crippen molar-refractivity contribution in [3.05, 3.63) is 27.7 Å². The summed E-state index contributed by atoms with van der Waals surface area (Å²) in [6, 6.07) is 2.76. The van der Waals surface area contributed by atoms with Gasteiger partial charge in [0.25, 0.3) is 0 Å². The third-order valence-corrected chi connectivity index (χ3v) is 6.02. The first-order valence-corrected chi connectivity index (χ1v) is 9.68. The van der Waals surface area contributed by atoms with E-state index in [1.807, 2.05) is 13.2 Å². The highest BCUT2D eigenvalue weighted by molar-refractivity contribution is 7.98. The number of hydrogen-bond donors (Lipinski definition) is 2. The zero-order chi connectivity index (χ0) is 15.3. The second kappa shape index (κ2) is 7.87. The van der Waals surface area contributed by atoms with Gasteiger partial charge in [0, 0.05) is 28.9 Å². The Balaban J connectivity index is 3.16. The van der Waals surface area contributed by atoms with Gasteiger partial charge in [0.15, 0.2) is 0 Å². The summed E-state index contributed by atoms with van der Waals surface area (Å²) < 4.78 is 27.4. The van der Waals surface area contributed by atoms with Crippen molar-refractivity contribution >= 4 is 45.0 Å². The minimum atomic E-state index is -3.68. The molecule has 0 aliphatic rings. The van der Waals surface area contributed by atoms with Crippen LogP contribution in [0.4, 0.5) is 0 Å². The van der Waals surface area contributed by atoms with Gasteiger partial charge in [-0.3, -0.25) is 0 Å². The Morgan fingerprint density at radius 1 is 1.40 bits per heavy atom. The summed E-state index contributed by atoms with van der Waals surface area (Å²) in [7, 11) is -3.68. The lowest BCUT2D eigenvalue weighted by molar-refractivity contribution is 0.558. The van der Waals surface area contributed by atoms with E-state index in [-0.39, 0.29) is 22.5 Å². The lowest BCUT2D eigenvalue weighted by Crippen LogP contribution is -2.36. The Kier molecular flexibility index (Phi) is 7.11. The van der Waals surface area contributed by atoms with Gasteiger partial charge in [-0.2, -0.15) is 11.8 Å². The smallest absolute Gasteiger partial charge is 0.242 e. The van der Waals surface area contributed by atoms with Crippen molar-refractivity contribution in [1.29, 1.82) is 0 Å². The summed E-state index contributed by atoms with van der Waals surface area (Å²) in [5.74, 6) is 0.699. The summed E-state index contributed by atoms with van der Waals surface area (Å²) in [6.07, 6.45) is 2.63. The zero-order valence-electron chi connectivity index (χ0n) is 11.3. The van der Waals surface area contributed by atoms with Gasteiger partial charge in [0.1, 0.15) is 4.90 Å². The van der Waals surface area contributed by atoms with E-state index in [0.29, 0.717) is 22.8 Å². The van der Waals surface area contributed by atoms with E-state index >= 15 is 0 Å². The highest BCUT2D eigenvalue weighted by Gasteiger charge is 2.23. The second-order valence-corrected chi connectivity index (χ2v) is 7.60. The highest BCUT2D eigenvalue weighted by Crippen LogP contribution is 2.30. The lowest BCUT2D eigenvalue weighted by Gasteiger charge is -2.17. The lowest BCUT2D eigenvalue weighted by atomic mass is 10.2. The fourth-order valence-electron chi connectivity index (χ4n) is 1.69. The topological polar surface area (TPSA) is 72.2 Å². The minimum Gasteiger partial charge on any atom is -0.326 e. The normalized spacial score (nSPS) is 13.4. The van der Waals surface area contributed by atoms with Crippen molar-refractivity contribution in [3.63, 3.8) is 0 Å². The Labute approximate surface area is 134 Å². The van der Waals surface area contributed by atoms with E-state index in [2.05, 4.69) is 4.72 Å². The first kappa shape index (κ1) is 18.1. The fourth-order valence-corrected chi connectivity index (χ4v) is 4.77. The van der Waals surface area contributed by atoms with Crippen LogP contribution in [-0.4, -0.2) is 26.5 Å². The highest BCUT2D eigenvalue weighted by atomic mass is 35.5. The number of nitrogens with two attached hydrogens (primary N) is 1. The summed E-state index contributed by atoms with van der Waals surface area (Å²) in [5.41, 5.74) is 5.99. The molecule has 0 spiro atoms. The molecule has 1 unspecified atom stereocenters. The fraction of sp³-hybridized carbons (Fsp3) is 0.500. The molecule has 0 saturated heterocycles. The number of sulfonamides is 1. The van der Waals surface area contributed by atoms with Crippen LogP contribution < -0.4 is 10.5 Å². The summed E-state index contributed by atoms with van der Waals surface area (Å²) in [4.78, 5) is 0.0172. The van der Waals surface area contributed by atoms with Crippen molar-refractivity contribution < 1.29 is 8.42 Å². The maximum atomic E-state index is 12.4. The molecule has 0 aliphatic carbocycles. The molecular weight excluding hydrogens is 339 g/mol. The van der Waals surface area contributed by atoms with Gasteiger partial charge >= 0.3 is 0 Å². The standard InChI is InChI=1S/C12H18Cl2N2O2S2/c1-3-8(7-19-2)16-20(17,18)11-5-4-10(13)9(6-15)12(11)14/h4-5,8,16H,3,6-7,15H2,1-2H3. The molecule has 0 bridgehead atoms. The number of hydrogen-bond acceptors (Lipinski definition) is 4. The molecule has 8 heteroatoms. The molecule has 1 rings (SSSR count). The van der Waals surface area contributed by atoms with Gasteiger partial charge < -0.3 is 5.73 Å². The number of nitrogens with one attached hydrogen (secondary N) is 1. The molecular formula is C12H18Cl2N2O2S2. The molecule has 4 nitrogen and oxygen atoms in total. The van der Waals surface area contributed by atoms with Gasteiger partial charge in [0.05, 0.1) is 5.02 Å². The predicted molar refractivity (Wildman–Crippen MR) is 87.1 cm³/mol. The number of rotatable bonds is 7. The van der Waals surface area contributed by atoms with Crippen molar-refractivity contribution in [1.82, 2.24) is 4.72 Å². The molecule has 0 aliphatic heterocycles. The van der Waals surface area contributed by atoms with E-state index < -0.39 is 10.0 Å². The monoisotopic (exact) mass is 356 g/mol. The molecule has 3 N–H and O–H groups in total. The quantitative estimate of drug-likeness (QED) is 0.787. The molecule has 1 aromatic carbocycles. The third kappa shape index (κ3) is 4.26. The van der Waals surface area contributed by atoms with E-state index in [4.69, 9.17) is 28.9 Å². The van der Waals surface area contributed by atoms with Crippen molar-refractivity contribution in [2.45, 2.75) is 30.8 Å². The van der Waals surface area contributed by atoms with Gasteiger partial charge in [0.2, 0.25) is 10.0 Å². The summed E-state index contributed by atoms with van der Waals surface area (Å²) in [6.45, 7) is 2.02. The van der Waals surface area contributed by atoms with Crippen LogP contribution in [0, 0.1) is 0 Å². The molecule has 1 atom stereocenters.